The van der Waals surface area contributed by atoms with Crippen LogP contribution in [0.15, 0.2) is 48.7 Å². The van der Waals surface area contributed by atoms with Crippen LogP contribution in [0, 0.1) is 0 Å². The normalized spacial score (nSPS) is 13.9. The Hall–Kier alpha value is -2.97. The molecular formula is C20H24N4O4. The summed E-state index contributed by atoms with van der Waals surface area (Å²) >= 11 is 0. The Bertz CT molecular complexity index is 792. The molecule has 2 aromatic rings. The van der Waals surface area contributed by atoms with Crippen LogP contribution in [-0.4, -0.2) is 67.3 Å². The maximum atomic E-state index is 13.1. The van der Waals surface area contributed by atoms with Crippen LogP contribution < -0.4 is 4.90 Å². The number of ether oxygens (including phenoxy) is 1. The first-order valence-corrected chi connectivity index (χ1v) is 9.06. The van der Waals surface area contributed by atoms with Crippen LogP contribution in [0.2, 0.25) is 0 Å². The van der Waals surface area contributed by atoms with Gasteiger partial charge in [0.05, 0.1) is 26.9 Å². The van der Waals surface area contributed by atoms with Gasteiger partial charge in [-0.2, -0.15) is 0 Å². The van der Waals surface area contributed by atoms with E-state index in [0.29, 0.717) is 44.2 Å². The summed E-state index contributed by atoms with van der Waals surface area (Å²) in [6.45, 7) is 2.52. The number of amides is 3. The van der Waals surface area contributed by atoms with E-state index in [0.717, 1.165) is 10.6 Å². The van der Waals surface area contributed by atoms with Crippen LogP contribution in [0.25, 0.3) is 0 Å². The summed E-state index contributed by atoms with van der Waals surface area (Å²) < 4.78 is 5.34. The van der Waals surface area contributed by atoms with E-state index in [-0.39, 0.29) is 11.9 Å². The number of hydroxylamine groups is 2. The van der Waals surface area contributed by atoms with Crippen LogP contribution in [0.3, 0.4) is 0 Å². The third-order valence-corrected chi connectivity index (χ3v) is 4.54. The van der Waals surface area contributed by atoms with E-state index >= 15 is 0 Å². The Morgan fingerprint density at radius 1 is 1.14 bits per heavy atom. The zero-order valence-corrected chi connectivity index (χ0v) is 16.1. The van der Waals surface area contributed by atoms with Gasteiger partial charge in [0.2, 0.25) is 0 Å². The van der Waals surface area contributed by atoms with E-state index in [1.165, 1.54) is 7.11 Å². The molecule has 1 saturated heterocycles. The minimum atomic E-state index is -0.236. The maximum absolute atomic E-state index is 13.1. The number of urea groups is 1. The molecule has 3 rings (SSSR count). The number of benzene rings is 1. The fourth-order valence-corrected chi connectivity index (χ4v) is 2.89. The third kappa shape index (κ3) is 4.65. The van der Waals surface area contributed by atoms with Crippen LogP contribution in [0.1, 0.15) is 15.9 Å². The Kier molecular flexibility index (Phi) is 6.57. The van der Waals surface area contributed by atoms with Gasteiger partial charge < -0.3 is 9.64 Å². The third-order valence-electron chi connectivity index (χ3n) is 4.54. The molecule has 0 saturated carbocycles. The molecule has 28 heavy (non-hydrogen) atoms. The van der Waals surface area contributed by atoms with Crippen molar-refractivity contribution in [3.63, 3.8) is 0 Å². The molecule has 0 unspecified atom stereocenters. The van der Waals surface area contributed by atoms with E-state index in [2.05, 4.69) is 4.98 Å². The average molecular weight is 384 g/mol. The number of hydrogen-bond acceptors (Lipinski definition) is 5. The highest BCUT2D eigenvalue weighted by Crippen LogP contribution is 2.18. The summed E-state index contributed by atoms with van der Waals surface area (Å²) in [7, 11) is 2.99. The second-order valence-corrected chi connectivity index (χ2v) is 6.34. The van der Waals surface area contributed by atoms with Crippen molar-refractivity contribution in [2.75, 3.05) is 45.4 Å². The van der Waals surface area contributed by atoms with E-state index in [4.69, 9.17) is 9.57 Å². The lowest BCUT2D eigenvalue weighted by molar-refractivity contribution is -0.0756. The summed E-state index contributed by atoms with van der Waals surface area (Å²) in [5.41, 5.74) is 1.40. The van der Waals surface area contributed by atoms with E-state index in [9.17, 15) is 9.59 Å². The molecule has 2 heterocycles. The molecule has 1 aromatic heterocycles. The first-order chi connectivity index (χ1) is 13.6. The van der Waals surface area contributed by atoms with Gasteiger partial charge in [0.15, 0.2) is 0 Å². The highest BCUT2D eigenvalue weighted by molar-refractivity contribution is 5.93. The predicted molar refractivity (Wildman–Crippen MR) is 104 cm³/mol. The molecule has 0 atom stereocenters. The fourth-order valence-electron chi connectivity index (χ4n) is 2.89. The second kappa shape index (κ2) is 9.29. The van der Waals surface area contributed by atoms with Crippen molar-refractivity contribution in [1.82, 2.24) is 14.9 Å². The molecule has 0 bridgehead atoms. The minimum Gasteiger partial charge on any atom is -0.378 e. The molecule has 1 aliphatic heterocycles. The zero-order chi connectivity index (χ0) is 19.9. The van der Waals surface area contributed by atoms with Crippen molar-refractivity contribution in [3.8, 4) is 0 Å². The molecule has 0 aliphatic carbocycles. The molecule has 0 N–H and O–H groups in total. The van der Waals surface area contributed by atoms with E-state index < -0.39 is 0 Å². The van der Waals surface area contributed by atoms with Gasteiger partial charge in [0, 0.05) is 31.9 Å². The number of pyridine rings is 1. The number of carbonyl (C=O) groups excluding carboxylic acids is 2. The Morgan fingerprint density at radius 2 is 1.86 bits per heavy atom. The maximum Gasteiger partial charge on any atom is 0.326 e. The molecule has 1 aliphatic rings. The van der Waals surface area contributed by atoms with E-state index in [1.54, 1.807) is 35.2 Å². The molecule has 0 spiro atoms. The van der Waals surface area contributed by atoms with Crippen LogP contribution in [0.5, 0.6) is 0 Å². The van der Waals surface area contributed by atoms with Crippen LogP contribution in [0.4, 0.5) is 10.6 Å². The Morgan fingerprint density at radius 3 is 2.46 bits per heavy atom. The number of aromatic nitrogens is 1. The first-order valence-electron chi connectivity index (χ1n) is 9.06. The number of hydrogen-bond donors (Lipinski definition) is 0. The van der Waals surface area contributed by atoms with Crippen molar-refractivity contribution in [2.24, 2.45) is 0 Å². The molecule has 1 fully saturated rings. The lowest BCUT2D eigenvalue weighted by atomic mass is 10.1. The minimum absolute atomic E-state index is 0.110. The van der Waals surface area contributed by atoms with Gasteiger partial charge in [-0.15, -0.1) is 0 Å². The average Bonchev–Trinajstić information content (AvgIpc) is 2.77. The van der Waals surface area contributed by atoms with Gasteiger partial charge in [-0.25, -0.2) is 14.8 Å². The topological polar surface area (TPSA) is 75.2 Å². The zero-order valence-electron chi connectivity index (χ0n) is 16.1. The van der Waals surface area contributed by atoms with Crippen molar-refractivity contribution < 1.29 is 19.2 Å². The Balaban J connectivity index is 1.79. The standard InChI is InChI=1S/C20H24N4O4/c1-22(27-2)19(25)17-8-6-16(7-9-17)15-24(18-5-3-4-10-21-18)20(26)23-11-13-28-14-12-23/h3-10H,11-15H2,1-2H3. The molecule has 148 valence electrons. The SMILES string of the molecule is CON(C)C(=O)c1ccc(CN(C(=O)N2CCOCC2)c2ccccn2)cc1. The van der Waals surface area contributed by atoms with Crippen molar-refractivity contribution in [2.45, 2.75) is 6.54 Å². The summed E-state index contributed by atoms with van der Waals surface area (Å²) in [5, 5.41) is 1.16. The number of morpholine rings is 1. The van der Waals surface area contributed by atoms with Gasteiger partial charge in [0.25, 0.3) is 5.91 Å². The monoisotopic (exact) mass is 384 g/mol. The van der Waals surface area contributed by atoms with Crippen molar-refractivity contribution >= 4 is 17.8 Å². The van der Waals surface area contributed by atoms with Gasteiger partial charge in [-0.1, -0.05) is 18.2 Å². The molecule has 8 heteroatoms. The molecule has 0 radical (unpaired) electrons. The fraction of sp³-hybridized carbons (Fsp3) is 0.350. The highest BCUT2D eigenvalue weighted by Gasteiger charge is 2.25. The summed E-state index contributed by atoms with van der Waals surface area (Å²) in [6.07, 6.45) is 1.66. The summed E-state index contributed by atoms with van der Waals surface area (Å²) in [4.78, 5) is 37.9. The summed E-state index contributed by atoms with van der Waals surface area (Å²) in [5.74, 6) is 0.346. The van der Waals surface area contributed by atoms with Gasteiger partial charge in [-0.3, -0.25) is 14.5 Å². The van der Waals surface area contributed by atoms with Crippen molar-refractivity contribution in [1.29, 1.82) is 0 Å². The van der Waals surface area contributed by atoms with Crippen molar-refractivity contribution in [3.05, 3.63) is 59.8 Å². The van der Waals surface area contributed by atoms with Crippen LogP contribution in [-0.2, 0) is 16.1 Å². The number of anilines is 1. The molecular weight excluding hydrogens is 360 g/mol. The lowest BCUT2D eigenvalue weighted by Gasteiger charge is -2.32. The summed E-state index contributed by atoms with van der Waals surface area (Å²) in [6, 6.07) is 12.5. The first kappa shape index (κ1) is 19.8. The van der Waals surface area contributed by atoms with Crippen LogP contribution >= 0.6 is 0 Å². The largest absolute Gasteiger partial charge is 0.378 e. The molecule has 3 amide bonds. The van der Waals surface area contributed by atoms with E-state index in [1.807, 2.05) is 30.3 Å². The van der Waals surface area contributed by atoms with Gasteiger partial charge in [-0.05, 0) is 29.8 Å². The quantitative estimate of drug-likeness (QED) is 0.739. The predicted octanol–water partition coefficient (Wildman–Crippen LogP) is 2.17. The lowest BCUT2D eigenvalue weighted by Crippen LogP contribution is -2.48. The van der Waals surface area contributed by atoms with Gasteiger partial charge >= 0.3 is 6.03 Å². The van der Waals surface area contributed by atoms with Gasteiger partial charge in [0.1, 0.15) is 5.82 Å². The Labute approximate surface area is 164 Å². The number of carbonyl (C=O) groups is 2. The highest BCUT2D eigenvalue weighted by atomic mass is 16.7. The smallest absolute Gasteiger partial charge is 0.326 e. The molecule has 1 aromatic carbocycles. The number of nitrogens with zero attached hydrogens (tertiary/aromatic N) is 4. The second-order valence-electron chi connectivity index (χ2n) is 6.34. The number of rotatable bonds is 5. The molecule has 8 nitrogen and oxygen atoms in total.